The van der Waals surface area contributed by atoms with E-state index >= 15 is 0 Å². The van der Waals surface area contributed by atoms with E-state index < -0.39 is 12.2 Å². The largest absolute Gasteiger partial charge is 0.408 e. The topological polar surface area (TPSA) is 68.0 Å². The second-order valence-electron chi connectivity index (χ2n) is 5.53. The van der Waals surface area contributed by atoms with Crippen LogP contribution in [-0.4, -0.2) is 36.8 Å². The number of halogens is 3. The quantitative estimate of drug-likeness (QED) is 0.784. The summed E-state index contributed by atoms with van der Waals surface area (Å²) in [4.78, 5) is 12.5. The molecule has 0 amide bonds. The molecule has 0 aliphatic rings. The number of hydrogen-bond acceptors (Lipinski definition) is 5. The molecule has 0 spiro atoms. The second kappa shape index (κ2) is 6.15. The minimum atomic E-state index is -4.37. The van der Waals surface area contributed by atoms with Gasteiger partial charge in [-0.25, -0.2) is 19.5 Å². The molecule has 0 saturated carbocycles. The molecule has 0 saturated heterocycles. The summed E-state index contributed by atoms with van der Waals surface area (Å²) in [5, 5.41) is 6.31. The lowest BCUT2D eigenvalue weighted by atomic mass is 10.1. The Kier molecular flexibility index (Phi) is 4.15. The van der Waals surface area contributed by atoms with Crippen molar-refractivity contribution in [3.63, 3.8) is 0 Å². The van der Waals surface area contributed by atoms with E-state index in [1.807, 2.05) is 0 Å². The second-order valence-corrected chi connectivity index (χ2v) is 5.53. The van der Waals surface area contributed by atoms with Gasteiger partial charge in [0, 0.05) is 29.6 Å². The van der Waals surface area contributed by atoms with E-state index in [9.17, 15) is 13.2 Å². The molecule has 0 aromatic carbocycles. The number of aryl methyl sites for hydroxylation is 1. The third-order valence-electron chi connectivity index (χ3n) is 3.71. The maximum absolute atomic E-state index is 12.6. The van der Waals surface area contributed by atoms with Gasteiger partial charge in [0.1, 0.15) is 6.04 Å². The molecule has 1 N–H and O–H groups in total. The summed E-state index contributed by atoms with van der Waals surface area (Å²) < 4.78 is 39.5. The fourth-order valence-electron chi connectivity index (χ4n) is 2.23. The van der Waals surface area contributed by atoms with Gasteiger partial charge in [0.05, 0.1) is 17.6 Å². The third-order valence-corrected chi connectivity index (χ3v) is 3.71. The van der Waals surface area contributed by atoms with Crippen molar-refractivity contribution in [1.82, 2.24) is 24.6 Å². The number of anilines is 1. The summed E-state index contributed by atoms with van der Waals surface area (Å²) in [6.45, 7) is 6.70. The minimum absolute atomic E-state index is 0.0851. The lowest BCUT2D eigenvalue weighted by Crippen LogP contribution is -2.33. The van der Waals surface area contributed by atoms with Gasteiger partial charge in [-0.3, -0.25) is 0 Å². The van der Waals surface area contributed by atoms with Gasteiger partial charge in [-0.1, -0.05) is 6.58 Å². The standard InChI is InChI=1S/C16H15F3N6/c1-9(13-5-7-25-14(24-13)4-6-21-25)12-8-20-15(22-10(12)2)23-11(3)16(17,18)19/h4-8,11H,1H2,2-3H3,(H,20,22,23)/t11-/m1/s1. The van der Waals surface area contributed by atoms with Crippen LogP contribution < -0.4 is 5.32 Å². The Bertz CT molecular complexity index is 931. The van der Waals surface area contributed by atoms with Gasteiger partial charge in [-0.05, 0) is 19.9 Å². The Morgan fingerprint density at radius 2 is 2.04 bits per heavy atom. The number of fused-ring (bicyclic) bond motifs is 1. The lowest BCUT2D eigenvalue weighted by Gasteiger charge is -2.17. The van der Waals surface area contributed by atoms with Crippen LogP contribution in [0.5, 0.6) is 0 Å². The first-order valence-corrected chi connectivity index (χ1v) is 7.42. The summed E-state index contributed by atoms with van der Waals surface area (Å²) >= 11 is 0. The Hall–Kier alpha value is -2.97. The van der Waals surface area contributed by atoms with Gasteiger partial charge in [0.25, 0.3) is 0 Å². The molecule has 0 aliphatic carbocycles. The van der Waals surface area contributed by atoms with E-state index in [0.29, 0.717) is 28.2 Å². The minimum Gasteiger partial charge on any atom is -0.343 e. The van der Waals surface area contributed by atoms with Gasteiger partial charge < -0.3 is 5.32 Å². The molecular formula is C16H15F3N6. The first-order chi connectivity index (χ1) is 11.8. The highest BCUT2D eigenvalue weighted by Crippen LogP contribution is 2.25. The van der Waals surface area contributed by atoms with Crippen LogP contribution in [0.3, 0.4) is 0 Å². The van der Waals surface area contributed by atoms with Crippen LogP contribution in [0.1, 0.15) is 23.9 Å². The number of rotatable bonds is 4. The third kappa shape index (κ3) is 3.44. The van der Waals surface area contributed by atoms with Crippen molar-refractivity contribution >= 4 is 17.2 Å². The fourth-order valence-corrected chi connectivity index (χ4v) is 2.23. The SMILES string of the molecule is C=C(c1ccn2nccc2n1)c1cnc(N[C@H](C)C(F)(F)F)nc1C. The summed E-state index contributed by atoms with van der Waals surface area (Å²) in [6.07, 6.45) is 0.452. The molecule has 25 heavy (non-hydrogen) atoms. The first-order valence-electron chi connectivity index (χ1n) is 7.42. The Labute approximate surface area is 141 Å². The zero-order valence-electron chi connectivity index (χ0n) is 13.5. The Morgan fingerprint density at radius 3 is 2.72 bits per heavy atom. The van der Waals surface area contributed by atoms with E-state index in [2.05, 4.69) is 31.9 Å². The molecule has 3 heterocycles. The highest BCUT2D eigenvalue weighted by atomic mass is 19.4. The summed E-state index contributed by atoms with van der Waals surface area (Å²) in [7, 11) is 0. The van der Waals surface area contributed by atoms with Gasteiger partial charge in [-0.15, -0.1) is 0 Å². The van der Waals surface area contributed by atoms with Crippen molar-refractivity contribution in [2.45, 2.75) is 26.1 Å². The highest BCUT2D eigenvalue weighted by molar-refractivity contribution is 5.77. The fraction of sp³-hybridized carbons (Fsp3) is 0.250. The van der Waals surface area contributed by atoms with Gasteiger partial charge in [-0.2, -0.15) is 18.3 Å². The van der Waals surface area contributed by atoms with Gasteiger partial charge >= 0.3 is 6.18 Å². The number of aromatic nitrogens is 5. The van der Waals surface area contributed by atoms with E-state index in [1.165, 1.54) is 6.20 Å². The van der Waals surface area contributed by atoms with Crippen LogP contribution in [0.25, 0.3) is 11.2 Å². The molecule has 0 aliphatic heterocycles. The molecular weight excluding hydrogens is 333 g/mol. The summed E-state index contributed by atoms with van der Waals surface area (Å²) in [5.41, 5.74) is 2.98. The predicted molar refractivity (Wildman–Crippen MR) is 87.0 cm³/mol. The number of nitrogens with zero attached hydrogens (tertiary/aromatic N) is 5. The molecule has 0 fully saturated rings. The zero-order chi connectivity index (χ0) is 18.2. The maximum atomic E-state index is 12.6. The van der Waals surface area contributed by atoms with Crippen molar-refractivity contribution in [2.24, 2.45) is 0 Å². The molecule has 3 aromatic rings. The van der Waals surface area contributed by atoms with Crippen LogP contribution in [0.2, 0.25) is 0 Å². The van der Waals surface area contributed by atoms with Crippen molar-refractivity contribution in [2.75, 3.05) is 5.32 Å². The van der Waals surface area contributed by atoms with E-state index in [0.717, 1.165) is 6.92 Å². The molecule has 0 bridgehead atoms. The zero-order valence-corrected chi connectivity index (χ0v) is 13.5. The van der Waals surface area contributed by atoms with Crippen molar-refractivity contribution in [3.8, 4) is 0 Å². The van der Waals surface area contributed by atoms with E-state index in [4.69, 9.17) is 0 Å². The number of nitrogens with one attached hydrogen (secondary N) is 1. The lowest BCUT2D eigenvalue weighted by molar-refractivity contribution is -0.138. The average Bonchev–Trinajstić information content (AvgIpc) is 3.01. The first kappa shape index (κ1) is 16.9. The van der Waals surface area contributed by atoms with Crippen LogP contribution in [0.15, 0.2) is 37.3 Å². The van der Waals surface area contributed by atoms with Crippen molar-refractivity contribution in [3.05, 3.63) is 54.3 Å². The summed E-state index contributed by atoms with van der Waals surface area (Å²) in [5.74, 6) is -0.0851. The molecule has 6 nitrogen and oxygen atoms in total. The average molecular weight is 348 g/mol. The van der Waals surface area contributed by atoms with Gasteiger partial charge in [0.2, 0.25) is 5.95 Å². The van der Waals surface area contributed by atoms with Gasteiger partial charge in [0.15, 0.2) is 5.65 Å². The molecule has 3 aromatic heterocycles. The maximum Gasteiger partial charge on any atom is 0.408 e. The summed E-state index contributed by atoms with van der Waals surface area (Å²) in [6, 6.07) is 1.76. The number of hydrogen-bond donors (Lipinski definition) is 1. The predicted octanol–water partition coefficient (Wildman–Crippen LogP) is 3.25. The molecule has 3 rings (SSSR count). The smallest absolute Gasteiger partial charge is 0.343 e. The Balaban J connectivity index is 1.86. The van der Waals surface area contributed by atoms with E-state index in [-0.39, 0.29) is 5.95 Å². The van der Waals surface area contributed by atoms with Crippen molar-refractivity contribution < 1.29 is 13.2 Å². The van der Waals surface area contributed by atoms with Crippen molar-refractivity contribution in [1.29, 1.82) is 0 Å². The van der Waals surface area contributed by atoms with E-state index in [1.54, 1.807) is 36.0 Å². The highest BCUT2D eigenvalue weighted by Gasteiger charge is 2.36. The van der Waals surface area contributed by atoms with Crippen LogP contribution in [0, 0.1) is 6.92 Å². The molecule has 130 valence electrons. The van der Waals surface area contributed by atoms with Crippen LogP contribution in [-0.2, 0) is 0 Å². The van der Waals surface area contributed by atoms with Crippen LogP contribution >= 0.6 is 0 Å². The normalized spacial score (nSPS) is 13.0. The Morgan fingerprint density at radius 1 is 1.28 bits per heavy atom. The molecule has 1 atom stereocenters. The van der Waals surface area contributed by atoms with Crippen LogP contribution in [0.4, 0.5) is 19.1 Å². The molecule has 9 heteroatoms. The monoisotopic (exact) mass is 348 g/mol. The molecule has 0 radical (unpaired) electrons. The molecule has 0 unspecified atom stereocenters. The number of alkyl halides is 3.